The Morgan fingerprint density at radius 1 is 1.33 bits per heavy atom. The number of rotatable bonds is 2. The molecule has 128 valence electrons. The molecule has 2 aliphatic rings. The number of halogens is 1. The molecule has 0 radical (unpaired) electrons. The molecule has 1 saturated heterocycles. The van der Waals surface area contributed by atoms with Crippen LogP contribution in [-0.2, 0) is 0 Å². The molecule has 3 atom stereocenters. The van der Waals surface area contributed by atoms with Crippen LogP contribution in [0, 0.1) is 18.8 Å². The average Bonchev–Trinajstić information content (AvgIpc) is 2.83. The van der Waals surface area contributed by atoms with Gasteiger partial charge >= 0.3 is 5.63 Å². The van der Waals surface area contributed by atoms with Gasteiger partial charge in [-0.25, -0.2) is 14.8 Å². The molecular formula is C16H18ClN3O3S. The van der Waals surface area contributed by atoms with Gasteiger partial charge in [0.2, 0.25) is 5.22 Å². The minimum absolute atomic E-state index is 0.0679. The summed E-state index contributed by atoms with van der Waals surface area (Å²) in [6.07, 6.45) is 3.49. The van der Waals surface area contributed by atoms with E-state index in [4.69, 9.17) is 16.0 Å². The van der Waals surface area contributed by atoms with Crippen LogP contribution in [0.4, 0.5) is 5.82 Å². The number of fused-ring (bicyclic) bond motifs is 3. The number of hydrogen-bond donors (Lipinski definition) is 1. The lowest BCUT2D eigenvalue weighted by atomic mass is 9.98. The van der Waals surface area contributed by atoms with Crippen LogP contribution < -0.4 is 10.5 Å². The number of anilines is 1. The van der Waals surface area contributed by atoms with Crippen LogP contribution in [0.25, 0.3) is 10.9 Å². The number of aromatic nitrogens is 2. The molecule has 24 heavy (non-hydrogen) atoms. The summed E-state index contributed by atoms with van der Waals surface area (Å²) >= 11 is 7.45. The van der Waals surface area contributed by atoms with Crippen molar-refractivity contribution in [3.05, 3.63) is 21.2 Å². The van der Waals surface area contributed by atoms with Crippen LogP contribution >= 0.6 is 23.4 Å². The Hall–Kier alpha value is -1.31. The first-order valence-corrected chi connectivity index (χ1v) is 9.56. The van der Waals surface area contributed by atoms with Crippen molar-refractivity contribution >= 4 is 40.1 Å². The fraction of sp³-hybridized carbons (Fsp3) is 0.562. The third-order valence-electron chi connectivity index (χ3n) is 5.08. The Kier molecular flexibility index (Phi) is 3.97. The van der Waals surface area contributed by atoms with E-state index < -0.39 is 5.63 Å². The van der Waals surface area contributed by atoms with Crippen molar-refractivity contribution in [3.63, 3.8) is 0 Å². The molecule has 2 aromatic rings. The predicted octanol–water partition coefficient (Wildman–Crippen LogP) is 2.47. The lowest BCUT2D eigenvalue weighted by Gasteiger charge is -2.33. The summed E-state index contributed by atoms with van der Waals surface area (Å²) in [5.74, 6) is 1.26. The fourth-order valence-electron chi connectivity index (χ4n) is 3.91. The second-order valence-corrected chi connectivity index (χ2v) is 7.73. The first-order valence-electron chi connectivity index (χ1n) is 7.96. The minimum atomic E-state index is -0.512. The average molecular weight is 368 g/mol. The molecule has 1 saturated carbocycles. The molecule has 0 unspecified atom stereocenters. The highest BCUT2D eigenvalue weighted by Gasteiger charge is 2.40. The summed E-state index contributed by atoms with van der Waals surface area (Å²) in [5, 5.41) is 11.2. The van der Waals surface area contributed by atoms with Gasteiger partial charge in [-0.1, -0.05) is 11.8 Å². The number of aryl methyl sites for hydroxylation is 1. The number of hydrogen-bond acceptors (Lipinski definition) is 7. The van der Waals surface area contributed by atoms with E-state index in [1.165, 1.54) is 11.8 Å². The first kappa shape index (κ1) is 16.2. The third kappa shape index (κ3) is 2.50. The SMILES string of the molecule is CSc1nc(N2C[C@H]3C[C@@H](C2)[C@H](O)C3)c2c(=O)oc(Cl)c(C)c2n1. The number of aliphatic hydroxyl groups excluding tert-OH is 1. The second-order valence-electron chi connectivity index (χ2n) is 6.62. The van der Waals surface area contributed by atoms with Crippen molar-refractivity contribution in [2.75, 3.05) is 24.2 Å². The Bertz CT molecular complexity index is 870. The van der Waals surface area contributed by atoms with Gasteiger partial charge in [0, 0.05) is 24.6 Å². The van der Waals surface area contributed by atoms with Gasteiger partial charge in [-0.3, -0.25) is 0 Å². The smallest absolute Gasteiger partial charge is 0.350 e. The van der Waals surface area contributed by atoms with Crippen molar-refractivity contribution < 1.29 is 9.52 Å². The lowest BCUT2D eigenvalue weighted by Crippen LogP contribution is -2.39. The molecule has 0 aromatic carbocycles. The summed E-state index contributed by atoms with van der Waals surface area (Å²) in [7, 11) is 0. The van der Waals surface area contributed by atoms with E-state index in [2.05, 4.69) is 14.9 Å². The van der Waals surface area contributed by atoms with E-state index in [-0.39, 0.29) is 17.2 Å². The van der Waals surface area contributed by atoms with Crippen LogP contribution in [0.3, 0.4) is 0 Å². The van der Waals surface area contributed by atoms with Gasteiger partial charge < -0.3 is 14.4 Å². The van der Waals surface area contributed by atoms with Gasteiger partial charge in [0.15, 0.2) is 5.16 Å². The highest BCUT2D eigenvalue weighted by Crippen LogP contribution is 2.39. The normalized spacial score (nSPS) is 26.3. The van der Waals surface area contributed by atoms with Crippen LogP contribution in [0.1, 0.15) is 18.4 Å². The summed E-state index contributed by atoms with van der Waals surface area (Å²) < 4.78 is 5.16. The van der Waals surface area contributed by atoms with Gasteiger partial charge in [-0.2, -0.15) is 0 Å². The monoisotopic (exact) mass is 367 g/mol. The predicted molar refractivity (Wildman–Crippen MR) is 94.0 cm³/mol. The zero-order valence-electron chi connectivity index (χ0n) is 13.5. The Morgan fingerprint density at radius 3 is 2.83 bits per heavy atom. The van der Waals surface area contributed by atoms with Crippen LogP contribution in [0.5, 0.6) is 0 Å². The van der Waals surface area contributed by atoms with Crippen LogP contribution in [-0.4, -0.2) is 40.5 Å². The molecule has 1 aliphatic heterocycles. The van der Waals surface area contributed by atoms with E-state index in [1.54, 1.807) is 6.92 Å². The molecular weight excluding hydrogens is 350 g/mol. The van der Waals surface area contributed by atoms with E-state index in [0.717, 1.165) is 19.4 Å². The lowest BCUT2D eigenvalue weighted by molar-refractivity contribution is 0.137. The molecule has 4 rings (SSSR count). The van der Waals surface area contributed by atoms with Crippen LogP contribution in [0.15, 0.2) is 14.4 Å². The fourth-order valence-corrected chi connectivity index (χ4v) is 4.43. The molecule has 0 spiro atoms. The van der Waals surface area contributed by atoms with Crippen molar-refractivity contribution in [1.82, 2.24) is 9.97 Å². The molecule has 2 fully saturated rings. The van der Waals surface area contributed by atoms with Gasteiger partial charge in [0.05, 0.1) is 11.6 Å². The second kappa shape index (κ2) is 5.89. The van der Waals surface area contributed by atoms with Gasteiger partial charge in [0.1, 0.15) is 11.2 Å². The molecule has 8 heteroatoms. The van der Waals surface area contributed by atoms with E-state index in [0.29, 0.717) is 39.9 Å². The summed E-state index contributed by atoms with van der Waals surface area (Å²) in [6, 6.07) is 0. The number of aliphatic hydroxyl groups is 1. The van der Waals surface area contributed by atoms with Gasteiger partial charge in [-0.05, 0) is 43.5 Å². The zero-order valence-corrected chi connectivity index (χ0v) is 15.0. The van der Waals surface area contributed by atoms with Crippen molar-refractivity contribution in [1.29, 1.82) is 0 Å². The maximum Gasteiger partial charge on any atom is 0.350 e. The maximum atomic E-state index is 12.4. The van der Waals surface area contributed by atoms with Crippen LogP contribution in [0.2, 0.25) is 5.22 Å². The van der Waals surface area contributed by atoms with E-state index in [9.17, 15) is 9.90 Å². The van der Waals surface area contributed by atoms with E-state index in [1.807, 2.05) is 6.26 Å². The largest absolute Gasteiger partial charge is 0.410 e. The quantitative estimate of drug-likeness (QED) is 0.645. The highest BCUT2D eigenvalue weighted by atomic mass is 35.5. The number of piperidine rings is 1. The molecule has 0 amide bonds. The standard InChI is InChI=1S/C16H18ClN3O3S/c1-7-12-11(15(22)23-13(7)17)14(19-16(18-12)24-2)20-5-8-3-9(6-20)10(21)4-8/h8-10,21H,3-6H2,1-2H3/t8-,9-,10+/m0/s1. The summed E-state index contributed by atoms with van der Waals surface area (Å²) in [4.78, 5) is 23.6. The third-order valence-corrected chi connectivity index (χ3v) is 5.98. The Morgan fingerprint density at radius 2 is 2.12 bits per heavy atom. The molecule has 3 heterocycles. The molecule has 1 N–H and O–H groups in total. The zero-order chi connectivity index (χ0) is 17.0. The van der Waals surface area contributed by atoms with E-state index >= 15 is 0 Å². The highest BCUT2D eigenvalue weighted by molar-refractivity contribution is 7.98. The topological polar surface area (TPSA) is 79.5 Å². The minimum Gasteiger partial charge on any atom is -0.410 e. The summed E-state index contributed by atoms with van der Waals surface area (Å²) in [6.45, 7) is 3.27. The van der Waals surface area contributed by atoms with Crippen molar-refractivity contribution in [2.24, 2.45) is 11.8 Å². The number of nitrogens with zero attached hydrogens (tertiary/aromatic N) is 3. The molecule has 1 aliphatic carbocycles. The number of thioether (sulfide) groups is 1. The van der Waals surface area contributed by atoms with Crippen molar-refractivity contribution in [3.8, 4) is 0 Å². The summed E-state index contributed by atoms with van der Waals surface area (Å²) in [5.41, 5.74) is 0.677. The first-order chi connectivity index (χ1) is 11.5. The van der Waals surface area contributed by atoms with Crippen molar-refractivity contribution in [2.45, 2.75) is 31.0 Å². The van der Waals surface area contributed by atoms with Gasteiger partial charge in [0.25, 0.3) is 0 Å². The Labute approximate surface area is 148 Å². The molecule has 2 aromatic heterocycles. The Balaban J connectivity index is 1.91. The van der Waals surface area contributed by atoms with Gasteiger partial charge in [-0.15, -0.1) is 0 Å². The maximum absolute atomic E-state index is 12.4. The molecule has 2 bridgehead atoms. The molecule has 6 nitrogen and oxygen atoms in total.